The van der Waals surface area contributed by atoms with Crippen LogP contribution in [0.25, 0.3) is 0 Å². The molecule has 0 aromatic heterocycles. The predicted octanol–water partition coefficient (Wildman–Crippen LogP) is 2.02. The zero-order valence-electron chi connectivity index (χ0n) is 10.1. The molecule has 1 saturated heterocycles. The Morgan fingerprint density at radius 3 is 2.47 bits per heavy atom. The molecule has 1 heterocycles. The van der Waals surface area contributed by atoms with Gasteiger partial charge in [-0.05, 0) is 37.1 Å². The summed E-state index contributed by atoms with van der Waals surface area (Å²) < 4.78 is 0. The molecule has 0 radical (unpaired) electrons. The van der Waals surface area contributed by atoms with Crippen LogP contribution in [0.4, 0.5) is 11.4 Å². The van der Waals surface area contributed by atoms with Crippen LogP contribution in [-0.4, -0.2) is 25.5 Å². The van der Waals surface area contributed by atoms with Crippen molar-refractivity contribution in [2.45, 2.75) is 19.3 Å². The van der Waals surface area contributed by atoms with Crippen molar-refractivity contribution in [1.29, 1.82) is 5.41 Å². The Balaban J connectivity index is 1.86. The van der Waals surface area contributed by atoms with E-state index in [1.165, 1.54) is 31.6 Å². The molecule has 4 heteroatoms. The molecule has 0 unspecified atom stereocenters. The molecule has 4 N–H and O–H groups in total. The van der Waals surface area contributed by atoms with Crippen molar-refractivity contribution >= 4 is 17.2 Å². The fourth-order valence-electron chi connectivity index (χ4n) is 2.11. The minimum Gasteiger partial charge on any atom is -0.388 e. The van der Waals surface area contributed by atoms with Gasteiger partial charge in [-0.15, -0.1) is 0 Å². The summed E-state index contributed by atoms with van der Waals surface area (Å²) in [7, 11) is 0. The lowest BCUT2D eigenvalue weighted by Gasteiger charge is -2.17. The topological polar surface area (TPSA) is 65.1 Å². The molecule has 1 aliphatic heterocycles. The maximum atomic E-state index is 7.14. The molecular formula is C13H20N4. The summed E-state index contributed by atoms with van der Waals surface area (Å²) in [5.74, 6) is 0.228. The molecular weight excluding hydrogens is 212 g/mol. The number of hydrogen-bond donors (Lipinski definition) is 3. The minimum absolute atomic E-state index is 0.228. The quantitative estimate of drug-likeness (QED) is 0.537. The minimum atomic E-state index is 0.228. The van der Waals surface area contributed by atoms with Crippen molar-refractivity contribution in [3.05, 3.63) is 24.3 Å². The van der Waals surface area contributed by atoms with Gasteiger partial charge in [-0.1, -0.05) is 0 Å². The first-order valence-electron chi connectivity index (χ1n) is 6.17. The van der Waals surface area contributed by atoms with E-state index < -0.39 is 0 Å². The highest BCUT2D eigenvalue weighted by atomic mass is 15.1. The van der Waals surface area contributed by atoms with Crippen LogP contribution in [0.2, 0.25) is 0 Å². The van der Waals surface area contributed by atoms with E-state index >= 15 is 0 Å². The van der Waals surface area contributed by atoms with E-state index in [4.69, 9.17) is 11.1 Å². The third-order valence-corrected chi connectivity index (χ3v) is 3.06. The van der Waals surface area contributed by atoms with Gasteiger partial charge in [0.1, 0.15) is 0 Å². The predicted molar refractivity (Wildman–Crippen MR) is 72.9 cm³/mol. The van der Waals surface area contributed by atoms with Crippen molar-refractivity contribution in [2.24, 2.45) is 5.73 Å². The first-order valence-corrected chi connectivity index (χ1v) is 6.17. The molecule has 1 fully saturated rings. The highest BCUT2D eigenvalue weighted by Crippen LogP contribution is 2.21. The summed E-state index contributed by atoms with van der Waals surface area (Å²) >= 11 is 0. The molecule has 0 atom stereocenters. The number of hydrogen-bond acceptors (Lipinski definition) is 3. The van der Waals surface area contributed by atoms with Gasteiger partial charge in [-0.2, -0.15) is 0 Å². The van der Waals surface area contributed by atoms with E-state index in [-0.39, 0.29) is 5.84 Å². The number of rotatable bonds is 5. The second-order valence-corrected chi connectivity index (χ2v) is 4.44. The van der Waals surface area contributed by atoms with E-state index in [2.05, 4.69) is 34.5 Å². The van der Waals surface area contributed by atoms with Crippen molar-refractivity contribution in [1.82, 2.24) is 0 Å². The molecule has 2 rings (SSSR count). The average Bonchev–Trinajstić information content (AvgIpc) is 2.83. The standard InChI is InChI=1S/C13H20N4/c14-13(15)7-8-16-11-3-5-12(6-4-11)17-9-1-2-10-17/h3-6,16H,1-2,7-10H2,(H3,14,15). The van der Waals surface area contributed by atoms with Crippen molar-refractivity contribution in [3.8, 4) is 0 Å². The van der Waals surface area contributed by atoms with E-state index in [1.807, 2.05) is 0 Å². The van der Waals surface area contributed by atoms with Crippen LogP contribution in [0, 0.1) is 5.41 Å². The Morgan fingerprint density at radius 1 is 1.24 bits per heavy atom. The highest BCUT2D eigenvalue weighted by Gasteiger charge is 2.11. The molecule has 0 saturated carbocycles. The SMILES string of the molecule is N=C(N)CCNc1ccc(N2CCCC2)cc1. The zero-order valence-corrected chi connectivity index (χ0v) is 10.1. The van der Waals surface area contributed by atoms with Crippen LogP contribution in [0.1, 0.15) is 19.3 Å². The molecule has 4 nitrogen and oxygen atoms in total. The Hall–Kier alpha value is -1.71. The number of amidine groups is 1. The largest absolute Gasteiger partial charge is 0.388 e. The number of benzene rings is 1. The summed E-state index contributed by atoms with van der Waals surface area (Å²) in [5.41, 5.74) is 7.70. The van der Waals surface area contributed by atoms with Gasteiger partial charge in [0, 0.05) is 37.4 Å². The molecule has 17 heavy (non-hydrogen) atoms. The van der Waals surface area contributed by atoms with Gasteiger partial charge in [0.15, 0.2) is 0 Å². The molecule has 0 bridgehead atoms. The second kappa shape index (κ2) is 5.57. The average molecular weight is 232 g/mol. The van der Waals surface area contributed by atoms with Gasteiger partial charge in [0.2, 0.25) is 0 Å². The second-order valence-electron chi connectivity index (χ2n) is 4.44. The summed E-state index contributed by atoms with van der Waals surface area (Å²) in [6.07, 6.45) is 3.20. The highest BCUT2D eigenvalue weighted by molar-refractivity contribution is 5.77. The maximum Gasteiger partial charge on any atom is 0.0923 e. The van der Waals surface area contributed by atoms with Crippen molar-refractivity contribution < 1.29 is 0 Å². The Kier molecular flexibility index (Phi) is 3.85. The fourth-order valence-corrected chi connectivity index (χ4v) is 2.11. The number of nitrogens with two attached hydrogens (primary N) is 1. The number of anilines is 2. The maximum absolute atomic E-state index is 7.14. The Morgan fingerprint density at radius 2 is 1.88 bits per heavy atom. The van der Waals surface area contributed by atoms with E-state index in [0.29, 0.717) is 6.42 Å². The lowest BCUT2D eigenvalue weighted by molar-refractivity contribution is 0.949. The summed E-state index contributed by atoms with van der Waals surface area (Å²) in [5, 5.41) is 10.4. The van der Waals surface area contributed by atoms with Crippen LogP contribution < -0.4 is 16.0 Å². The normalized spacial score (nSPS) is 14.9. The molecule has 1 aliphatic rings. The fraction of sp³-hybridized carbons (Fsp3) is 0.462. The molecule has 0 amide bonds. The third kappa shape index (κ3) is 3.37. The van der Waals surface area contributed by atoms with Crippen molar-refractivity contribution in [2.75, 3.05) is 29.9 Å². The zero-order chi connectivity index (χ0) is 12.1. The van der Waals surface area contributed by atoms with Crippen LogP contribution in [0.15, 0.2) is 24.3 Å². The molecule has 1 aromatic carbocycles. The lowest BCUT2D eigenvalue weighted by Crippen LogP contribution is -2.17. The number of nitrogens with zero attached hydrogens (tertiary/aromatic N) is 1. The number of nitrogens with one attached hydrogen (secondary N) is 2. The Bertz CT molecular complexity index is 366. The third-order valence-electron chi connectivity index (χ3n) is 3.06. The van der Waals surface area contributed by atoms with E-state index in [1.54, 1.807) is 0 Å². The van der Waals surface area contributed by atoms with Crippen LogP contribution in [-0.2, 0) is 0 Å². The first kappa shape index (κ1) is 11.8. The van der Waals surface area contributed by atoms with Gasteiger partial charge in [-0.25, -0.2) is 0 Å². The monoisotopic (exact) mass is 232 g/mol. The first-order chi connectivity index (χ1) is 8.25. The van der Waals surface area contributed by atoms with Gasteiger partial charge in [-0.3, -0.25) is 5.41 Å². The van der Waals surface area contributed by atoms with Crippen molar-refractivity contribution in [3.63, 3.8) is 0 Å². The van der Waals surface area contributed by atoms with Gasteiger partial charge in [0.05, 0.1) is 5.84 Å². The summed E-state index contributed by atoms with van der Waals surface area (Å²) in [6, 6.07) is 8.49. The lowest BCUT2D eigenvalue weighted by atomic mass is 10.2. The molecule has 0 spiro atoms. The van der Waals surface area contributed by atoms with Gasteiger partial charge in [0.25, 0.3) is 0 Å². The van der Waals surface area contributed by atoms with Crippen LogP contribution in [0.3, 0.4) is 0 Å². The molecule has 92 valence electrons. The summed E-state index contributed by atoms with van der Waals surface area (Å²) in [6.45, 7) is 3.08. The summed E-state index contributed by atoms with van der Waals surface area (Å²) in [4.78, 5) is 2.42. The Labute approximate surface area is 102 Å². The van der Waals surface area contributed by atoms with Gasteiger partial charge >= 0.3 is 0 Å². The van der Waals surface area contributed by atoms with Crippen LogP contribution >= 0.6 is 0 Å². The van der Waals surface area contributed by atoms with E-state index in [0.717, 1.165) is 12.2 Å². The van der Waals surface area contributed by atoms with E-state index in [9.17, 15) is 0 Å². The van der Waals surface area contributed by atoms with Crippen LogP contribution in [0.5, 0.6) is 0 Å². The van der Waals surface area contributed by atoms with Gasteiger partial charge < -0.3 is 16.0 Å². The smallest absolute Gasteiger partial charge is 0.0923 e. The molecule has 1 aromatic rings. The molecule has 0 aliphatic carbocycles.